The van der Waals surface area contributed by atoms with E-state index in [1.165, 1.54) is 19.4 Å². The minimum absolute atomic E-state index is 0.244. The summed E-state index contributed by atoms with van der Waals surface area (Å²) >= 11 is 0. The molecule has 5 nitrogen and oxygen atoms in total. The van der Waals surface area contributed by atoms with Gasteiger partial charge in [-0.05, 0) is 65.8 Å². The van der Waals surface area contributed by atoms with Gasteiger partial charge in [0.25, 0.3) is 0 Å². The van der Waals surface area contributed by atoms with Gasteiger partial charge in [0.05, 0.1) is 5.54 Å². The minimum atomic E-state index is -0.570. The second-order valence-electron chi connectivity index (χ2n) is 6.54. The van der Waals surface area contributed by atoms with Crippen LogP contribution in [-0.2, 0) is 4.79 Å². The number of amides is 1. The highest BCUT2D eigenvalue weighted by molar-refractivity contribution is 5.84. The molecule has 1 aliphatic rings. The zero-order valence-corrected chi connectivity index (χ0v) is 14.3. The number of nitrogens with two attached hydrogens (primary N) is 1. The van der Waals surface area contributed by atoms with Crippen molar-refractivity contribution in [3.8, 4) is 0 Å². The maximum Gasteiger partial charge on any atom is 0.237 e. The van der Waals surface area contributed by atoms with Crippen LogP contribution in [0.4, 0.5) is 0 Å². The van der Waals surface area contributed by atoms with E-state index in [0.717, 1.165) is 39.0 Å². The van der Waals surface area contributed by atoms with Crippen LogP contribution in [0.25, 0.3) is 0 Å². The summed E-state index contributed by atoms with van der Waals surface area (Å²) in [5.41, 5.74) is 4.98. The number of hydrogen-bond donors (Lipinski definition) is 2. The van der Waals surface area contributed by atoms with Crippen molar-refractivity contribution in [1.29, 1.82) is 0 Å². The Morgan fingerprint density at radius 3 is 2.67 bits per heavy atom. The number of carbonyl (C=O) groups excluding carboxylic acids is 1. The molecule has 0 bridgehead atoms. The SMILES string of the molecule is CCNC(C)(CCCN1CCCN(C)CC1CC)C(N)=O. The molecular weight excluding hydrogens is 264 g/mol. The Bertz CT molecular complexity index is 323. The van der Waals surface area contributed by atoms with Crippen molar-refractivity contribution in [2.24, 2.45) is 5.73 Å². The summed E-state index contributed by atoms with van der Waals surface area (Å²) in [5.74, 6) is -0.244. The maximum atomic E-state index is 11.7. The molecule has 2 atom stereocenters. The average Bonchev–Trinajstić information content (AvgIpc) is 2.60. The molecule has 1 aliphatic heterocycles. The lowest BCUT2D eigenvalue weighted by Crippen LogP contribution is -2.53. The van der Waals surface area contributed by atoms with Crippen molar-refractivity contribution in [3.05, 3.63) is 0 Å². The molecule has 21 heavy (non-hydrogen) atoms. The standard InChI is InChI=1S/C16H34N4O/c1-5-14-13-19(4)10-8-12-20(14)11-7-9-16(3,15(17)21)18-6-2/h14,18H,5-13H2,1-4H3,(H2,17,21). The number of likely N-dealkylation sites (N-methyl/N-ethyl adjacent to an activating group) is 2. The lowest BCUT2D eigenvalue weighted by atomic mass is 9.94. The molecule has 1 saturated heterocycles. The molecule has 0 spiro atoms. The van der Waals surface area contributed by atoms with Crippen molar-refractivity contribution >= 4 is 5.91 Å². The van der Waals surface area contributed by atoms with E-state index in [9.17, 15) is 4.79 Å². The molecule has 0 radical (unpaired) electrons. The van der Waals surface area contributed by atoms with Gasteiger partial charge in [-0.3, -0.25) is 9.69 Å². The fourth-order valence-electron chi connectivity index (χ4n) is 3.30. The lowest BCUT2D eigenvalue weighted by molar-refractivity contribution is -0.124. The molecule has 3 N–H and O–H groups in total. The van der Waals surface area contributed by atoms with Gasteiger partial charge in [-0.2, -0.15) is 0 Å². The normalized spacial score (nSPS) is 24.5. The van der Waals surface area contributed by atoms with Crippen molar-refractivity contribution in [2.75, 3.05) is 39.8 Å². The van der Waals surface area contributed by atoms with Crippen LogP contribution in [-0.4, -0.2) is 67.1 Å². The van der Waals surface area contributed by atoms with E-state index >= 15 is 0 Å². The summed E-state index contributed by atoms with van der Waals surface area (Å²) in [6.07, 6.45) is 4.23. The number of carbonyl (C=O) groups is 1. The summed E-state index contributed by atoms with van der Waals surface area (Å²) in [5, 5.41) is 3.24. The van der Waals surface area contributed by atoms with Crippen molar-refractivity contribution in [1.82, 2.24) is 15.1 Å². The van der Waals surface area contributed by atoms with Gasteiger partial charge in [0.2, 0.25) is 5.91 Å². The predicted octanol–water partition coefficient (Wildman–Crippen LogP) is 1.04. The Kier molecular flexibility index (Phi) is 7.63. The van der Waals surface area contributed by atoms with Gasteiger partial charge in [0.1, 0.15) is 0 Å². The summed E-state index contributed by atoms with van der Waals surface area (Å²) in [4.78, 5) is 16.7. The largest absolute Gasteiger partial charge is 0.368 e. The zero-order chi connectivity index (χ0) is 15.9. The first kappa shape index (κ1) is 18.4. The second kappa shape index (κ2) is 8.71. The maximum absolute atomic E-state index is 11.7. The predicted molar refractivity (Wildman–Crippen MR) is 88.3 cm³/mol. The van der Waals surface area contributed by atoms with E-state index in [2.05, 4.69) is 29.1 Å². The topological polar surface area (TPSA) is 61.6 Å². The number of nitrogens with one attached hydrogen (secondary N) is 1. The Labute approximate surface area is 130 Å². The number of hydrogen-bond acceptors (Lipinski definition) is 4. The third-order valence-electron chi connectivity index (χ3n) is 4.73. The van der Waals surface area contributed by atoms with E-state index in [1.807, 2.05) is 13.8 Å². The smallest absolute Gasteiger partial charge is 0.237 e. The average molecular weight is 298 g/mol. The molecule has 0 aromatic rings. The van der Waals surface area contributed by atoms with Crippen LogP contribution >= 0.6 is 0 Å². The highest BCUT2D eigenvalue weighted by atomic mass is 16.1. The van der Waals surface area contributed by atoms with Crippen LogP contribution in [0.2, 0.25) is 0 Å². The molecule has 124 valence electrons. The summed E-state index contributed by atoms with van der Waals surface area (Å²) in [6, 6.07) is 0.636. The van der Waals surface area contributed by atoms with Gasteiger partial charge in [0, 0.05) is 12.6 Å². The first-order valence-electron chi connectivity index (χ1n) is 8.40. The molecule has 2 unspecified atom stereocenters. The van der Waals surface area contributed by atoms with Gasteiger partial charge in [-0.25, -0.2) is 0 Å². The Morgan fingerprint density at radius 2 is 2.10 bits per heavy atom. The summed E-state index contributed by atoms with van der Waals surface area (Å²) in [6.45, 7) is 11.5. The van der Waals surface area contributed by atoms with Gasteiger partial charge < -0.3 is 16.0 Å². The highest BCUT2D eigenvalue weighted by Crippen LogP contribution is 2.16. The van der Waals surface area contributed by atoms with E-state index in [1.54, 1.807) is 0 Å². The highest BCUT2D eigenvalue weighted by Gasteiger charge is 2.30. The summed E-state index contributed by atoms with van der Waals surface area (Å²) < 4.78 is 0. The third-order valence-corrected chi connectivity index (χ3v) is 4.73. The molecule has 0 aliphatic carbocycles. The molecule has 0 saturated carbocycles. The van der Waals surface area contributed by atoms with Crippen LogP contribution < -0.4 is 11.1 Å². The Hall–Kier alpha value is -0.650. The minimum Gasteiger partial charge on any atom is -0.368 e. The van der Waals surface area contributed by atoms with Gasteiger partial charge >= 0.3 is 0 Å². The molecular formula is C16H34N4O. The molecule has 1 amide bonds. The molecule has 1 heterocycles. The van der Waals surface area contributed by atoms with E-state index in [-0.39, 0.29) is 5.91 Å². The van der Waals surface area contributed by atoms with Crippen molar-refractivity contribution < 1.29 is 4.79 Å². The lowest BCUT2D eigenvalue weighted by Gasteiger charge is -2.32. The number of nitrogens with zero attached hydrogens (tertiary/aromatic N) is 2. The third kappa shape index (κ3) is 5.57. The van der Waals surface area contributed by atoms with Crippen LogP contribution in [0.1, 0.15) is 46.5 Å². The first-order valence-corrected chi connectivity index (χ1v) is 8.40. The molecule has 1 fully saturated rings. The zero-order valence-electron chi connectivity index (χ0n) is 14.3. The van der Waals surface area contributed by atoms with Crippen LogP contribution in [0.5, 0.6) is 0 Å². The Balaban J connectivity index is 2.50. The van der Waals surface area contributed by atoms with E-state index in [4.69, 9.17) is 5.73 Å². The van der Waals surface area contributed by atoms with Crippen LogP contribution in [0, 0.1) is 0 Å². The van der Waals surface area contributed by atoms with Crippen molar-refractivity contribution in [3.63, 3.8) is 0 Å². The Morgan fingerprint density at radius 1 is 1.38 bits per heavy atom. The van der Waals surface area contributed by atoms with Crippen molar-refractivity contribution in [2.45, 2.75) is 58.0 Å². The molecule has 0 aromatic heterocycles. The first-order chi connectivity index (χ1) is 9.92. The molecule has 0 aromatic carbocycles. The van der Waals surface area contributed by atoms with Gasteiger partial charge in [-0.1, -0.05) is 13.8 Å². The van der Waals surface area contributed by atoms with Gasteiger partial charge in [0.15, 0.2) is 0 Å². The molecule has 1 rings (SSSR count). The van der Waals surface area contributed by atoms with Crippen LogP contribution in [0.3, 0.4) is 0 Å². The van der Waals surface area contributed by atoms with E-state index in [0.29, 0.717) is 6.04 Å². The van der Waals surface area contributed by atoms with Gasteiger partial charge in [-0.15, -0.1) is 0 Å². The number of rotatable bonds is 8. The molecule has 5 heteroatoms. The summed E-state index contributed by atoms with van der Waals surface area (Å²) in [7, 11) is 2.21. The fourth-order valence-corrected chi connectivity index (χ4v) is 3.30. The van der Waals surface area contributed by atoms with E-state index < -0.39 is 5.54 Å². The quantitative estimate of drug-likeness (QED) is 0.703. The second-order valence-corrected chi connectivity index (χ2v) is 6.54. The monoisotopic (exact) mass is 298 g/mol. The number of primary amides is 1. The van der Waals surface area contributed by atoms with Crippen LogP contribution in [0.15, 0.2) is 0 Å². The fraction of sp³-hybridized carbons (Fsp3) is 0.938.